The highest BCUT2D eigenvalue weighted by atomic mass is 32.2. The summed E-state index contributed by atoms with van der Waals surface area (Å²) in [5.41, 5.74) is 7.20. The summed E-state index contributed by atoms with van der Waals surface area (Å²) in [6.07, 6.45) is 5.91. The van der Waals surface area contributed by atoms with Gasteiger partial charge < -0.3 is 15.4 Å². The number of rotatable bonds is 9. The highest BCUT2D eigenvalue weighted by Crippen LogP contribution is 2.30. The molecule has 0 aliphatic carbocycles. The van der Waals surface area contributed by atoms with Crippen molar-refractivity contribution in [2.75, 3.05) is 23.7 Å². The van der Waals surface area contributed by atoms with E-state index in [1.807, 2.05) is 19.9 Å². The van der Waals surface area contributed by atoms with Crippen LogP contribution in [0.5, 0.6) is 5.88 Å². The number of carbonyl (C=O) groups is 1. The van der Waals surface area contributed by atoms with E-state index >= 15 is 0 Å². The topological polar surface area (TPSA) is 140 Å². The number of anilines is 2. The molecule has 11 heteroatoms. The maximum absolute atomic E-state index is 13.3. The summed E-state index contributed by atoms with van der Waals surface area (Å²) in [4.78, 5) is 28.5. The molecule has 1 amide bonds. The lowest BCUT2D eigenvalue weighted by Crippen LogP contribution is -2.38. The first-order valence-electron chi connectivity index (χ1n) is 12.8. The lowest BCUT2D eigenvalue weighted by molar-refractivity contribution is 0.0981. The van der Waals surface area contributed by atoms with Crippen LogP contribution in [-0.4, -0.2) is 48.5 Å². The van der Waals surface area contributed by atoms with Crippen LogP contribution in [0.4, 0.5) is 11.6 Å². The van der Waals surface area contributed by atoms with Gasteiger partial charge in [0.25, 0.3) is 15.9 Å². The fourth-order valence-corrected chi connectivity index (χ4v) is 5.52. The summed E-state index contributed by atoms with van der Waals surface area (Å²) >= 11 is 0. The number of nitrogen functional groups attached to an aromatic ring is 1. The lowest BCUT2D eigenvalue weighted by Gasteiger charge is -2.34. The Morgan fingerprint density at radius 2 is 2.03 bits per heavy atom. The molecule has 1 aliphatic rings. The summed E-state index contributed by atoms with van der Waals surface area (Å²) in [7, 11) is -4.23. The van der Waals surface area contributed by atoms with Gasteiger partial charge in [0.05, 0.1) is 17.4 Å². The van der Waals surface area contributed by atoms with Crippen molar-refractivity contribution < 1.29 is 19.4 Å². The maximum Gasteiger partial charge on any atom is 0.281 e. The van der Waals surface area contributed by atoms with Crippen LogP contribution in [0.15, 0.2) is 53.7 Å². The number of nitrogens with zero attached hydrogens (tertiary/aromatic N) is 4. The summed E-state index contributed by atoms with van der Waals surface area (Å²) in [6, 6.07) is 11.2. The third-order valence-corrected chi connectivity index (χ3v) is 7.50. The fourth-order valence-electron chi connectivity index (χ4n) is 4.58. The molecular formula is C27H36N6O4S. The molecule has 3 aromatic heterocycles. The van der Waals surface area contributed by atoms with Gasteiger partial charge in [-0.05, 0) is 69.4 Å². The van der Waals surface area contributed by atoms with Crippen molar-refractivity contribution in [3.05, 3.63) is 54.2 Å². The number of nitrogens with two attached hydrogens (primary N) is 1. The first-order valence-corrected chi connectivity index (χ1v) is 14.3. The largest absolute Gasteiger partial charge is 0.475 e. The van der Waals surface area contributed by atoms with Gasteiger partial charge in [-0.25, -0.2) is 19.7 Å². The van der Waals surface area contributed by atoms with Gasteiger partial charge in [0.15, 0.2) is 5.03 Å². The second-order valence-corrected chi connectivity index (χ2v) is 11.3. The van der Waals surface area contributed by atoms with Crippen LogP contribution in [0.25, 0.3) is 11.3 Å². The van der Waals surface area contributed by atoms with E-state index < -0.39 is 15.9 Å². The fraction of sp³-hybridized carbons (Fsp3) is 0.407. The van der Waals surface area contributed by atoms with E-state index in [9.17, 15) is 13.2 Å². The molecule has 0 bridgehead atoms. The smallest absolute Gasteiger partial charge is 0.281 e. The molecule has 1 saturated heterocycles. The Labute approximate surface area is 225 Å². The van der Waals surface area contributed by atoms with E-state index in [0.29, 0.717) is 23.3 Å². The van der Waals surface area contributed by atoms with Gasteiger partial charge in [0.1, 0.15) is 11.6 Å². The Balaban J connectivity index is 0.00000420. The average molecular weight is 541 g/mol. The quantitative estimate of drug-likeness (QED) is 0.407. The molecule has 1 unspecified atom stereocenters. The zero-order valence-electron chi connectivity index (χ0n) is 21.9. The molecule has 1 aliphatic heterocycles. The predicted octanol–water partition coefficient (Wildman–Crippen LogP) is 4.29. The van der Waals surface area contributed by atoms with E-state index in [2.05, 4.69) is 26.5 Å². The summed E-state index contributed by atoms with van der Waals surface area (Å²) in [6.45, 7) is 7.49. The Bertz CT molecular complexity index is 1380. The van der Waals surface area contributed by atoms with Crippen molar-refractivity contribution in [1.82, 2.24) is 19.7 Å². The molecular weight excluding hydrogens is 504 g/mol. The zero-order valence-corrected chi connectivity index (χ0v) is 22.7. The van der Waals surface area contributed by atoms with Crippen molar-refractivity contribution >= 4 is 27.6 Å². The van der Waals surface area contributed by atoms with Gasteiger partial charge in [-0.15, -0.1) is 0 Å². The number of hydrogen-bond donors (Lipinski definition) is 2. The Morgan fingerprint density at radius 3 is 2.71 bits per heavy atom. The third-order valence-electron chi connectivity index (χ3n) is 6.27. The monoisotopic (exact) mass is 540 g/mol. The van der Waals surface area contributed by atoms with Gasteiger partial charge in [-0.2, -0.15) is 8.42 Å². The Kier molecular flexibility index (Phi) is 8.45. The number of sulfonamides is 1. The molecule has 4 rings (SSSR count). The highest BCUT2D eigenvalue weighted by Gasteiger charge is 2.28. The standard InChI is InChI=1S/C27H34N6O4S.H2/c1-4-7-19-8-6-15-33(17-19)26-21(27(34)32-38(35,36)25-10-5-9-23(28)31-25)12-13-22(30-26)20-11-14-24(29-16-20)37-18(2)3;/h5,9-14,16,18-19H,4,6-8,15,17H2,1-3H3,(H2,28,31)(H,32,34);1H. The van der Waals surface area contributed by atoms with Crippen molar-refractivity contribution in [3.8, 4) is 17.1 Å². The van der Waals surface area contributed by atoms with Crippen LogP contribution < -0.4 is 20.1 Å². The van der Waals surface area contributed by atoms with Gasteiger partial charge in [0.2, 0.25) is 5.88 Å². The normalized spacial score (nSPS) is 15.9. The number of piperidine rings is 1. The van der Waals surface area contributed by atoms with Gasteiger partial charge in [-0.3, -0.25) is 4.79 Å². The van der Waals surface area contributed by atoms with Crippen molar-refractivity contribution in [2.24, 2.45) is 5.92 Å². The maximum atomic E-state index is 13.3. The minimum absolute atomic E-state index is 0. The van der Waals surface area contributed by atoms with E-state index in [1.165, 1.54) is 18.2 Å². The number of aromatic nitrogens is 3. The number of ether oxygens (including phenoxy) is 1. The first-order chi connectivity index (χ1) is 18.2. The molecule has 0 spiro atoms. The SMILES string of the molecule is CCCC1CCCN(c2nc(-c3ccc(OC(C)C)nc3)ccc2C(=O)NS(=O)(=O)c2cccc(N)n2)C1.[HH]. The summed E-state index contributed by atoms with van der Waals surface area (Å²) in [5, 5.41) is -0.326. The van der Waals surface area contributed by atoms with Crippen LogP contribution in [0, 0.1) is 5.92 Å². The molecule has 0 aromatic carbocycles. The second-order valence-electron chi connectivity index (χ2n) is 9.70. The van der Waals surface area contributed by atoms with E-state index in [1.54, 1.807) is 24.4 Å². The number of amides is 1. The van der Waals surface area contributed by atoms with Crippen LogP contribution in [0.1, 0.15) is 58.2 Å². The van der Waals surface area contributed by atoms with Crippen LogP contribution in [0.2, 0.25) is 0 Å². The molecule has 0 saturated carbocycles. The van der Waals surface area contributed by atoms with Crippen LogP contribution >= 0.6 is 0 Å². The van der Waals surface area contributed by atoms with E-state index in [0.717, 1.165) is 44.3 Å². The van der Waals surface area contributed by atoms with Crippen molar-refractivity contribution in [3.63, 3.8) is 0 Å². The molecule has 4 heterocycles. The van der Waals surface area contributed by atoms with Crippen molar-refractivity contribution in [1.29, 1.82) is 0 Å². The molecule has 3 N–H and O–H groups in total. The van der Waals surface area contributed by atoms with Gasteiger partial charge in [-0.1, -0.05) is 19.4 Å². The highest BCUT2D eigenvalue weighted by molar-refractivity contribution is 7.90. The van der Waals surface area contributed by atoms with Crippen molar-refractivity contribution in [2.45, 2.75) is 57.6 Å². The molecule has 38 heavy (non-hydrogen) atoms. The summed E-state index contributed by atoms with van der Waals surface area (Å²) in [5.74, 6) is 0.697. The van der Waals surface area contributed by atoms with E-state index in [4.69, 9.17) is 15.5 Å². The van der Waals surface area contributed by atoms with Crippen LogP contribution in [-0.2, 0) is 10.0 Å². The molecule has 1 fully saturated rings. The predicted molar refractivity (Wildman–Crippen MR) is 148 cm³/mol. The average Bonchev–Trinajstić information content (AvgIpc) is 2.88. The molecule has 1 atom stereocenters. The van der Waals surface area contributed by atoms with Gasteiger partial charge in [0, 0.05) is 32.3 Å². The Hall–Kier alpha value is -3.73. The molecule has 3 aromatic rings. The first kappa shape index (κ1) is 27.3. The Morgan fingerprint density at radius 1 is 1.21 bits per heavy atom. The molecule has 204 valence electrons. The number of nitrogens with one attached hydrogen (secondary N) is 1. The lowest BCUT2D eigenvalue weighted by atomic mass is 9.93. The third kappa shape index (κ3) is 6.58. The minimum Gasteiger partial charge on any atom is -0.475 e. The van der Waals surface area contributed by atoms with Crippen LogP contribution in [0.3, 0.4) is 0 Å². The number of hydrogen-bond acceptors (Lipinski definition) is 9. The molecule has 0 radical (unpaired) electrons. The minimum atomic E-state index is -4.23. The number of carbonyl (C=O) groups excluding carboxylic acids is 1. The van der Waals surface area contributed by atoms with E-state index in [-0.39, 0.29) is 23.9 Å². The zero-order chi connectivity index (χ0) is 27.3. The molecule has 10 nitrogen and oxygen atoms in total. The van der Waals surface area contributed by atoms with Gasteiger partial charge >= 0.3 is 0 Å². The number of pyridine rings is 3. The summed E-state index contributed by atoms with van der Waals surface area (Å²) < 4.78 is 33.5. The second kappa shape index (κ2) is 11.8.